The zero-order valence-electron chi connectivity index (χ0n) is 11.2. The molecule has 1 aromatic heterocycles. The molecule has 1 N–H and O–H groups in total. The lowest BCUT2D eigenvalue weighted by molar-refractivity contribution is -0.141. The number of hydrogen-bond donors (Lipinski definition) is 1. The Bertz CT molecular complexity index is 514. The number of carboxylic acid groups (broad SMARTS) is 1. The molecule has 1 saturated heterocycles. The summed E-state index contributed by atoms with van der Waals surface area (Å²) in [5.41, 5.74) is 1.27. The molecule has 2 heterocycles. The summed E-state index contributed by atoms with van der Waals surface area (Å²) < 4.78 is 1.52. The van der Waals surface area contributed by atoms with Gasteiger partial charge in [0.1, 0.15) is 11.7 Å². The van der Waals surface area contributed by atoms with E-state index in [1.807, 2.05) is 13.8 Å². The molecule has 104 valence electrons. The highest BCUT2D eigenvalue weighted by Crippen LogP contribution is 2.30. The van der Waals surface area contributed by atoms with Crippen LogP contribution >= 0.6 is 11.8 Å². The first kappa shape index (κ1) is 13.9. The van der Waals surface area contributed by atoms with Crippen LogP contribution in [0.5, 0.6) is 0 Å². The van der Waals surface area contributed by atoms with Crippen molar-refractivity contribution in [3.63, 3.8) is 0 Å². The second-order valence-corrected chi connectivity index (χ2v) is 5.85. The Kier molecular flexibility index (Phi) is 3.84. The molecular formula is C12H17N3O3S. The second-order valence-electron chi connectivity index (χ2n) is 4.50. The molecule has 6 nitrogen and oxygen atoms in total. The highest BCUT2D eigenvalue weighted by atomic mass is 32.2. The Morgan fingerprint density at radius 2 is 2.26 bits per heavy atom. The second kappa shape index (κ2) is 5.24. The maximum Gasteiger partial charge on any atom is 0.327 e. The Morgan fingerprint density at radius 3 is 2.79 bits per heavy atom. The molecule has 1 amide bonds. The van der Waals surface area contributed by atoms with Gasteiger partial charge in [-0.15, -0.1) is 11.8 Å². The number of aryl methyl sites for hydroxylation is 2. The summed E-state index contributed by atoms with van der Waals surface area (Å²) in [6, 6.07) is 0.976. The van der Waals surface area contributed by atoms with Crippen molar-refractivity contribution in [1.82, 2.24) is 14.7 Å². The van der Waals surface area contributed by atoms with Gasteiger partial charge in [0.15, 0.2) is 0 Å². The molecule has 1 aromatic rings. The molecule has 1 aliphatic heterocycles. The molecule has 1 fully saturated rings. The monoisotopic (exact) mass is 283 g/mol. The first-order valence-corrected chi connectivity index (χ1v) is 7.20. The third-order valence-corrected chi connectivity index (χ3v) is 4.47. The average Bonchev–Trinajstić information content (AvgIpc) is 2.91. The Morgan fingerprint density at radius 1 is 1.58 bits per heavy atom. The van der Waals surface area contributed by atoms with Crippen LogP contribution in [0.3, 0.4) is 0 Å². The van der Waals surface area contributed by atoms with Gasteiger partial charge < -0.3 is 10.0 Å². The maximum absolute atomic E-state index is 12.5. The molecule has 0 spiro atoms. The first-order valence-electron chi connectivity index (χ1n) is 6.15. The van der Waals surface area contributed by atoms with E-state index in [1.54, 1.807) is 13.1 Å². The van der Waals surface area contributed by atoms with Crippen LogP contribution in [0.25, 0.3) is 0 Å². The summed E-state index contributed by atoms with van der Waals surface area (Å²) in [7, 11) is 1.70. The summed E-state index contributed by atoms with van der Waals surface area (Å²) in [4.78, 5) is 25.2. The number of rotatable bonds is 3. The van der Waals surface area contributed by atoms with Crippen LogP contribution < -0.4 is 0 Å². The first-order chi connectivity index (χ1) is 8.95. The third-order valence-electron chi connectivity index (χ3n) is 3.25. The van der Waals surface area contributed by atoms with E-state index in [9.17, 15) is 14.7 Å². The van der Waals surface area contributed by atoms with Gasteiger partial charge in [-0.1, -0.05) is 6.92 Å². The number of carbonyl (C=O) groups excluding carboxylic acids is 1. The fraction of sp³-hybridized carbons (Fsp3) is 0.583. The molecule has 2 atom stereocenters. The molecule has 0 bridgehead atoms. The normalized spacial score (nSPS) is 22.8. The molecule has 0 aliphatic carbocycles. The van der Waals surface area contributed by atoms with E-state index in [1.165, 1.54) is 21.3 Å². The van der Waals surface area contributed by atoms with Gasteiger partial charge in [-0.25, -0.2) is 4.79 Å². The maximum atomic E-state index is 12.5. The summed E-state index contributed by atoms with van der Waals surface area (Å²) in [5, 5.41) is 13.3. The largest absolute Gasteiger partial charge is 0.480 e. The summed E-state index contributed by atoms with van der Waals surface area (Å²) in [6.07, 6.45) is 0.744. The average molecular weight is 283 g/mol. The van der Waals surface area contributed by atoms with E-state index in [-0.39, 0.29) is 11.3 Å². The molecule has 1 aliphatic rings. The van der Waals surface area contributed by atoms with Crippen LogP contribution in [-0.4, -0.2) is 48.8 Å². The summed E-state index contributed by atoms with van der Waals surface area (Å²) >= 11 is 1.48. The minimum absolute atomic E-state index is 0.131. The molecule has 7 heteroatoms. The fourth-order valence-corrected chi connectivity index (χ4v) is 3.34. The van der Waals surface area contributed by atoms with Crippen molar-refractivity contribution >= 4 is 23.6 Å². The quantitative estimate of drug-likeness (QED) is 0.894. The van der Waals surface area contributed by atoms with E-state index in [2.05, 4.69) is 5.10 Å². The summed E-state index contributed by atoms with van der Waals surface area (Å²) in [5.74, 6) is -0.788. The number of carbonyl (C=O) groups is 2. The van der Waals surface area contributed by atoms with Crippen LogP contribution in [0.1, 0.15) is 30.0 Å². The zero-order chi connectivity index (χ0) is 14.2. The van der Waals surface area contributed by atoms with E-state index in [0.29, 0.717) is 11.4 Å². The van der Waals surface area contributed by atoms with Crippen molar-refractivity contribution in [1.29, 1.82) is 0 Å². The minimum atomic E-state index is -0.955. The van der Waals surface area contributed by atoms with Gasteiger partial charge in [0, 0.05) is 12.8 Å². The Hall–Kier alpha value is -1.50. The van der Waals surface area contributed by atoms with Crippen molar-refractivity contribution in [3.8, 4) is 0 Å². The van der Waals surface area contributed by atoms with Crippen LogP contribution in [0.4, 0.5) is 0 Å². The van der Waals surface area contributed by atoms with Crippen LogP contribution in [0.15, 0.2) is 6.07 Å². The van der Waals surface area contributed by atoms with Crippen LogP contribution in [0.2, 0.25) is 0 Å². The van der Waals surface area contributed by atoms with E-state index < -0.39 is 12.0 Å². The number of carboxylic acids is 1. The SMILES string of the molecule is CCc1cc(C(=O)N2C(C)SCC2C(=O)O)n(C)n1. The highest BCUT2D eigenvalue weighted by molar-refractivity contribution is 8.00. The lowest BCUT2D eigenvalue weighted by Crippen LogP contribution is -2.45. The molecule has 19 heavy (non-hydrogen) atoms. The van der Waals surface area contributed by atoms with Gasteiger partial charge in [-0.3, -0.25) is 9.48 Å². The van der Waals surface area contributed by atoms with Crippen molar-refractivity contribution in [2.24, 2.45) is 7.05 Å². The Balaban J connectivity index is 2.31. The van der Waals surface area contributed by atoms with Crippen molar-refractivity contribution in [3.05, 3.63) is 17.5 Å². The molecule has 2 unspecified atom stereocenters. The van der Waals surface area contributed by atoms with Gasteiger partial charge in [0.2, 0.25) is 0 Å². The molecule has 2 rings (SSSR count). The van der Waals surface area contributed by atoms with Gasteiger partial charge in [0.05, 0.1) is 11.1 Å². The van der Waals surface area contributed by atoms with Gasteiger partial charge in [0.25, 0.3) is 5.91 Å². The number of nitrogens with zero attached hydrogens (tertiary/aromatic N) is 3. The number of thioether (sulfide) groups is 1. The Labute approximate surface area is 115 Å². The zero-order valence-corrected chi connectivity index (χ0v) is 12.0. The fourth-order valence-electron chi connectivity index (χ4n) is 2.17. The van der Waals surface area contributed by atoms with Crippen molar-refractivity contribution in [2.45, 2.75) is 31.7 Å². The smallest absolute Gasteiger partial charge is 0.327 e. The van der Waals surface area contributed by atoms with Crippen LogP contribution in [0, 0.1) is 0 Å². The number of amides is 1. The standard InChI is InChI=1S/C12H17N3O3S/c1-4-8-5-9(14(3)13-8)11(16)15-7(2)19-6-10(15)12(17)18/h5,7,10H,4,6H2,1-3H3,(H,17,18). The molecule has 0 saturated carbocycles. The van der Waals surface area contributed by atoms with Gasteiger partial charge in [-0.2, -0.15) is 5.10 Å². The number of hydrogen-bond acceptors (Lipinski definition) is 4. The van der Waals surface area contributed by atoms with Gasteiger partial charge >= 0.3 is 5.97 Å². The van der Waals surface area contributed by atoms with E-state index in [0.717, 1.165) is 12.1 Å². The molecule has 0 radical (unpaired) electrons. The topological polar surface area (TPSA) is 75.4 Å². The predicted molar refractivity (Wildman–Crippen MR) is 72.1 cm³/mol. The van der Waals surface area contributed by atoms with E-state index in [4.69, 9.17) is 0 Å². The minimum Gasteiger partial charge on any atom is -0.480 e. The van der Waals surface area contributed by atoms with Crippen molar-refractivity contribution < 1.29 is 14.7 Å². The highest BCUT2D eigenvalue weighted by Gasteiger charge is 2.40. The van der Waals surface area contributed by atoms with E-state index >= 15 is 0 Å². The van der Waals surface area contributed by atoms with Gasteiger partial charge in [-0.05, 0) is 19.4 Å². The van der Waals surface area contributed by atoms with Crippen LogP contribution in [-0.2, 0) is 18.3 Å². The number of aliphatic carboxylic acids is 1. The van der Waals surface area contributed by atoms with Crippen molar-refractivity contribution in [2.75, 3.05) is 5.75 Å². The lowest BCUT2D eigenvalue weighted by atomic mass is 10.2. The predicted octanol–water partition coefficient (Wildman–Crippen LogP) is 0.971. The third kappa shape index (κ3) is 2.47. The lowest BCUT2D eigenvalue weighted by Gasteiger charge is -2.24. The molecule has 0 aromatic carbocycles. The summed E-state index contributed by atoms with van der Waals surface area (Å²) in [6.45, 7) is 3.81. The molecular weight excluding hydrogens is 266 g/mol. The number of aromatic nitrogens is 2.